The van der Waals surface area contributed by atoms with Crippen molar-refractivity contribution in [2.45, 2.75) is 26.2 Å². The maximum atomic E-state index is 3.14. The molecule has 0 aromatic heterocycles. The Morgan fingerprint density at radius 3 is 1.66 bits per heavy atom. The molecule has 0 spiro atoms. The van der Waals surface area contributed by atoms with E-state index in [0.717, 1.165) is 6.42 Å². The van der Waals surface area contributed by atoms with Crippen molar-refractivity contribution >= 4 is 24.8 Å². The van der Waals surface area contributed by atoms with Gasteiger partial charge in [-0.05, 0) is 0 Å². The molecule has 1 aliphatic rings. The molecule has 0 amide bonds. The molecule has 0 unspecified atom stereocenters. The molecular weight excluding hydrogens is 500 g/mol. The van der Waals surface area contributed by atoms with E-state index in [1.165, 1.54) is 78.5 Å². The minimum absolute atomic E-state index is 1.04. The maximum absolute atomic E-state index is 3.14. The Kier molecular flexibility index (Phi) is 9.44. The number of allylic oxidation sites excluding steroid dienone is 4. The van der Waals surface area contributed by atoms with Crippen molar-refractivity contribution in [3.63, 3.8) is 0 Å². The molecule has 0 saturated heterocycles. The van der Waals surface area contributed by atoms with Crippen molar-refractivity contribution in [3.05, 3.63) is 150 Å². The van der Waals surface area contributed by atoms with Gasteiger partial charge in [0.2, 0.25) is 0 Å². The van der Waals surface area contributed by atoms with Gasteiger partial charge < -0.3 is 0 Å². The third-order valence-corrected chi connectivity index (χ3v) is 7.38. The third kappa shape index (κ3) is 7.00. The molecule has 0 radical (unpaired) electrons. The summed E-state index contributed by atoms with van der Waals surface area (Å²) < 4.78 is 1.42. The Labute approximate surface area is 224 Å². The first-order valence-corrected chi connectivity index (χ1v) is 13.5. The van der Waals surface area contributed by atoms with Crippen LogP contribution in [0, 0.1) is 6.08 Å². The van der Waals surface area contributed by atoms with Crippen molar-refractivity contribution in [3.8, 4) is 0 Å². The largest absolute Gasteiger partial charge is 0.126 e. The van der Waals surface area contributed by atoms with E-state index in [0.29, 0.717) is 0 Å². The summed E-state index contributed by atoms with van der Waals surface area (Å²) in [5.74, 6) is 0. The predicted molar refractivity (Wildman–Crippen MR) is 149 cm³/mol. The Balaban J connectivity index is 0.000000129. The standard InChI is InChI=1S/C13H9.C13H10.C8H11.Zr/c1-3-7-12-10(5-1)9-11-6-2-4-8-13(11)12;1-3-7-12(8-4-1)11-13-9-5-2-6-10-13;1-2-5-8-6-3-4-7-8;/h1-9H;1-10H;6-7H,2-3,5H2,1H3;/q-1;;-1;+2. The van der Waals surface area contributed by atoms with E-state index in [1.54, 1.807) is 0 Å². The van der Waals surface area contributed by atoms with E-state index in [1.807, 2.05) is 0 Å². The summed E-state index contributed by atoms with van der Waals surface area (Å²) >= 11 is 1.46. The van der Waals surface area contributed by atoms with E-state index < -0.39 is 0 Å². The molecule has 0 heterocycles. The normalized spacial score (nSPS) is 11.9. The van der Waals surface area contributed by atoms with Crippen LogP contribution >= 0.6 is 0 Å². The summed E-state index contributed by atoms with van der Waals surface area (Å²) in [6, 6.07) is 40.4. The Morgan fingerprint density at radius 1 is 0.714 bits per heavy atom. The summed E-state index contributed by atoms with van der Waals surface area (Å²) in [6.07, 6.45) is 11.0. The number of benzene rings is 4. The van der Waals surface area contributed by atoms with Crippen molar-refractivity contribution < 1.29 is 24.2 Å². The van der Waals surface area contributed by atoms with Crippen LogP contribution in [-0.2, 0) is 24.2 Å². The first-order valence-electron chi connectivity index (χ1n) is 12.2. The van der Waals surface area contributed by atoms with Crippen LogP contribution in [-0.4, -0.2) is 3.21 Å². The van der Waals surface area contributed by atoms with Gasteiger partial charge in [0.05, 0.1) is 0 Å². The molecule has 1 aliphatic carbocycles. The predicted octanol–water partition coefficient (Wildman–Crippen LogP) is 8.99. The van der Waals surface area contributed by atoms with Gasteiger partial charge in [-0.3, -0.25) is 6.08 Å². The van der Waals surface area contributed by atoms with Crippen LogP contribution in [0.25, 0.3) is 21.5 Å². The summed E-state index contributed by atoms with van der Waals surface area (Å²) in [7, 11) is 0. The molecule has 0 atom stereocenters. The van der Waals surface area contributed by atoms with Gasteiger partial charge in [0.1, 0.15) is 0 Å². The molecule has 5 aromatic carbocycles. The van der Waals surface area contributed by atoms with E-state index >= 15 is 0 Å². The fraction of sp³-hybridized carbons (Fsp3) is 0.118. The van der Waals surface area contributed by atoms with E-state index in [2.05, 4.69) is 140 Å². The molecule has 0 aliphatic heterocycles. The van der Waals surface area contributed by atoms with Gasteiger partial charge >= 0.3 is 99.2 Å². The van der Waals surface area contributed by atoms with Gasteiger partial charge in [-0.2, -0.15) is 6.08 Å². The van der Waals surface area contributed by atoms with Gasteiger partial charge in [0, 0.05) is 0 Å². The zero-order valence-corrected chi connectivity index (χ0v) is 22.7. The summed E-state index contributed by atoms with van der Waals surface area (Å²) in [5.41, 5.74) is 4.13. The zero-order valence-electron chi connectivity index (χ0n) is 20.2. The van der Waals surface area contributed by atoms with Crippen molar-refractivity contribution in [2.24, 2.45) is 0 Å². The second-order valence-corrected chi connectivity index (χ2v) is 9.74. The zero-order chi connectivity index (χ0) is 24.3. The molecule has 170 valence electrons. The van der Waals surface area contributed by atoms with Crippen molar-refractivity contribution in [1.29, 1.82) is 0 Å². The third-order valence-electron chi connectivity index (χ3n) is 5.96. The molecule has 5 aromatic rings. The molecule has 0 bridgehead atoms. The maximum Gasteiger partial charge on any atom is -0.0771 e. The van der Waals surface area contributed by atoms with Gasteiger partial charge in [-0.15, -0.1) is 46.2 Å². The quantitative estimate of drug-likeness (QED) is 0.204. The smallest absolute Gasteiger partial charge is 0.0771 e. The van der Waals surface area contributed by atoms with Crippen LogP contribution in [0.1, 0.15) is 37.3 Å². The Bertz CT molecular complexity index is 1330. The number of fused-ring (bicyclic) bond motifs is 3. The average Bonchev–Trinajstić information content (AvgIpc) is 3.58. The second kappa shape index (κ2) is 13.2. The fourth-order valence-electron chi connectivity index (χ4n) is 4.18. The number of hydrogen-bond donors (Lipinski definition) is 0. The first kappa shape index (κ1) is 25.1. The van der Waals surface area contributed by atoms with Crippen molar-refractivity contribution in [2.75, 3.05) is 0 Å². The number of rotatable bonds is 4. The SMILES string of the molecule is CCCC1=CC[C-]=C1.[Zr+2]=[C](c1ccccc1)c1ccccc1.c1ccc2c(c1)[cH-]c1ccccc12. The monoisotopic (exact) mass is 528 g/mol. The van der Waals surface area contributed by atoms with Crippen LogP contribution < -0.4 is 0 Å². The molecule has 35 heavy (non-hydrogen) atoms. The van der Waals surface area contributed by atoms with Crippen molar-refractivity contribution in [1.82, 2.24) is 0 Å². The average molecular weight is 530 g/mol. The second-order valence-electron chi connectivity index (χ2n) is 8.51. The minimum Gasteiger partial charge on any atom is -0.126 e. The van der Waals surface area contributed by atoms with Gasteiger partial charge in [-0.1, -0.05) is 56.2 Å². The van der Waals surface area contributed by atoms with E-state index in [4.69, 9.17) is 0 Å². The summed E-state index contributed by atoms with van der Waals surface area (Å²) in [4.78, 5) is 0. The topological polar surface area (TPSA) is 0 Å². The molecule has 0 fully saturated rings. The van der Waals surface area contributed by atoms with Crippen LogP contribution in [0.4, 0.5) is 0 Å². The molecule has 0 saturated carbocycles. The van der Waals surface area contributed by atoms with Gasteiger partial charge in [-0.25, -0.2) is 11.6 Å². The number of hydrogen-bond acceptors (Lipinski definition) is 0. The summed E-state index contributed by atoms with van der Waals surface area (Å²) in [5, 5.41) is 5.39. The van der Waals surface area contributed by atoms with Crippen LogP contribution in [0.3, 0.4) is 0 Å². The Hall–Kier alpha value is -3.02. The van der Waals surface area contributed by atoms with Crippen LogP contribution in [0.15, 0.2) is 133 Å². The first-order chi connectivity index (χ1) is 17.3. The molecule has 0 nitrogen and oxygen atoms in total. The minimum atomic E-state index is 1.04. The summed E-state index contributed by atoms with van der Waals surface area (Å²) in [6.45, 7) is 2.20. The van der Waals surface area contributed by atoms with Gasteiger partial charge in [0.15, 0.2) is 0 Å². The van der Waals surface area contributed by atoms with E-state index in [-0.39, 0.29) is 0 Å². The molecule has 6 rings (SSSR count). The van der Waals surface area contributed by atoms with Gasteiger partial charge in [0.25, 0.3) is 0 Å². The molecule has 0 N–H and O–H groups in total. The van der Waals surface area contributed by atoms with E-state index in [9.17, 15) is 0 Å². The van der Waals surface area contributed by atoms with Crippen LogP contribution in [0.5, 0.6) is 0 Å². The fourth-order valence-corrected chi connectivity index (χ4v) is 5.00. The van der Waals surface area contributed by atoms with Crippen LogP contribution in [0.2, 0.25) is 0 Å². The molecular formula is C34H30Zr. The Morgan fingerprint density at radius 2 is 1.20 bits per heavy atom. The molecule has 1 heteroatoms.